The molecule has 6 aromatic rings. The minimum absolute atomic E-state index is 0. The monoisotopic (exact) mass is 827 g/mol. The average molecular weight is 828 g/mol. The molecule has 0 spiro atoms. The third kappa shape index (κ3) is 9.72. The fourth-order valence-electron chi connectivity index (χ4n) is 5.69. The van der Waals surface area contributed by atoms with Crippen molar-refractivity contribution in [2.75, 3.05) is 34.9 Å². The zero-order valence-corrected chi connectivity index (χ0v) is 32.5. The Balaban J connectivity index is 0.000000202. The second-order valence-corrected chi connectivity index (χ2v) is 13.9. The van der Waals surface area contributed by atoms with Gasteiger partial charge in [0.15, 0.2) is 24.6 Å². The number of rotatable bonds is 8. The highest BCUT2D eigenvalue weighted by atomic mass is 35.5. The van der Waals surface area contributed by atoms with Gasteiger partial charge in [-0.3, -0.25) is 24.5 Å². The van der Waals surface area contributed by atoms with Crippen LogP contribution in [0.25, 0.3) is 22.1 Å². The molecule has 21 nitrogen and oxygen atoms in total. The van der Waals surface area contributed by atoms with Crippen LogP contribution < -0.4 is 47.3 Å². The number of fused-ring (bicyclic) bond motifs is 4. The minimum Gasteiger partial charge on any atom is -0.482 e. The van der Waals surface area contributed by atoms with Gasteiger partial charge in [0.2, 0.25) is 0 Å². The number of hydroxylamine groups is 1. The quantitative estimate of drug-likeness (QED) is 0.0996. The van der Waals surface area contributed by atoms with Crippen molar-refractivity contribution in [1.82, 2.24) is 46.0 Å². The third-order valence-electron chi connectivity index (χ3n) is 8.33. The predicted molar refractivity (Wildman–Crippen MR) is 216 cm³/mol. The van der Waals surface area contributed by atoms with Crippen LogP contribution in [0.4, 0.5) is 27.5 Å². The van der Waals surface area contributed by atoms with Gasteiger partial charge in [-0.2, -0.15) is 0 Å². The van der Waals surface area contributed by atoms with Crippen LogP contribution in [-0.2, 0) is 27.5 Å². The minimum atomic E-state index is -0.723. The molecule has 10 N–H and O–H groups in total. The molecule has 306 valence electrons. The summed E-state index contributed by atoms with van der Waals surface area (Å²) in [5, 5.41) is 13.6. The normalized spacial score (nSPS) is 12.8. The number of nitrogens with one attached hydrogen (secondary N) is 8. The van der Waals surface area contributed by atoms with E-state index in [0.29, 0.717) is 56.3 Å². The number of nitrogens with two attached hydrogens (primary N) is 1. The highest BCUT2D eigenvalue weighted by molar-refractivity contribution is 6.07. The molecule has 2 aliphatic heterocycles. The first-order valence-electron chi connectivity index (χ1n) is 17.6. The van der Waals surface area contributed by atoms with Crippen LogP contribution in [0.15, 0.2) is 61.4 Å². The summed E-state index contributed by atoms with van der Waals surface area (Å²) in [6.07, 6.45) is 4.88. The Morgan fingerprint density at radius 3 is 1.81 bits per heavy atom. The molecule has 2 aliphatic rings. The van der Waals surface area contributed by atoms with Gasteiger partial charge in [0.25, 0.3) is 23.6 Å². The highest BCUT2D eigenvalue weighted by Crippen LogP contribution is 2.30. The second-order valence-electron chi connectivity index (χ2n) is 13.9. The molecular formula is C37H38ClN13O8. The van der Waals surface area contributed by atoms with Crippen molar-refractivity contribution >= 4 is 86.9 Å². The maximum absolute atomic E-state index is 12.8. The number of halogens is 1. The lowest BCUT2D eigenvalue weighted by Crippen LogP contribution is -2.38. The molecule has 0 aliphatic carbocycles. The number of aromatic amines is 2. The molecule has 5 amide bonds. The summed E-state index contributed by atoms with van der Waals surface area (Å²) >= 11 is 0. The van der Waals surface area contributed by atoms with E-state index in [2.05, 4.69) is 62.0 Å². The van der Waals surface area contributed by atoms with Crippen molar-refractivity contribution in [3.8, 4) is 11.5 Å². The lowest BCUT2D eigenvalue weighted by atomic mass is 10.1. The van der Waals surface area contributed by atoms with Crippen molar-refractivity contribution in [3.63, 3.8) is 0 Å². The summed E-state index contributed by atoms with van der Waals surface area (Å²) < 4.78 is 10.6. The number of carbonyl (C=O) groups excluding carboxylic acids is 5. The van der Waals surface area contributed by atoms with Gasteiger partial charge in [-0.1, -0.05) is 12.1 Å². The number of benzene rings is 2. The zero-order chi connectivity index (χ0) is 41.0. The molecule has 0 saturated heterocycles. The number of hydrogen-bond acceptors (Lipinski definition) is 14. The molecule has 22 heteroatoms. The molecule has 59 heavy (non-hydrogen) atoms. The summed E-state index contributed by atoms with van der Waals surface area (Å²) in [5.41, 5.74) is 13.6. The molecule has 6 heterocycles. The van der Waals surface area contributed by atoms with E-state index < -0.39 is 17.5 Å². The highest BCUT2D eigenvalue weighted by Gasteiger charge is 2.21. The molecule has 2 aromatic carbocycles. The van der Waals surface area contributed by atoms with E-state index in [1.165, 1.54) is 18.9 Å². The number of carbonyl (C=O) groups is 5. The molecular weight excluding hydrogens is 790 g/mol. The molecule has 0 atom stereocenters. The van der Waals surface area contributed by atoms with Crippen LogP contribution in [0.1, 0.15) is 52.9 Å². The predicted octanol–water partition coefficient (Wildman–Crippen LogP) is 3.29. The summed E-state index contributed by atoms with van der Waals surface area (Å²) in [6.45, 7) is 5.98. The molecule has 0 bridgehead atoms. The van der Waals surface area contributed by atoms with Crippen LogP contribution >= 0.6 is 12.4 Å². The van der Waals surface area contributed by atoms with E-state index in [0.717, 1.165) is 11.1 Å². The SMILES string of the molecule is CC(C)(C)NOC(=O)Nc1c[nH]c2c(C(=O)NCc3ccc4c(c3)NC(=O)CO4)ncnc12.Cl.Nc1c[nH]c2c(C(=O)NCc3ccc4c(c3)NC(=O)CO4)ncnc12. The first-order chi connectivity index (χ1) is 27.8. The van der Waals surface area contributed by atoms with Gasteiger partial charge in [0, 0.05) is 31.0 Å². The van der Waals surface area contributed by atoms with Gasteiger partial charge in [-0.15, -0.1) is 17.9 Å². The van der Waals surface area contributed by atoms with Crippen LogP contribution in [0.3, 0.4) is 0 Å². The summed E-state index contributed by atoms with van der Waals surface area (Å²) in [6, 6.07) is 10.6. The number of nitrogens with zero attached hydrogens (tertiary/aromatic N) is 4. The van der Waals surface area contributed by atoms with Crippen molar-refractivity contribution < 1.29 is 38.3 Å². The van der Waals surface area contributed by atoms with E-state index >= 15 is 0 Å². The Morgan fingerprint density at radius 1 is 0.763 bits per heavy atom. The van der Waals surface area contributed by atoms with Crippen LogP contribution in [-0.4, -0.2) is 78.4 Å². The Labute approximate surface area is 340 Å². The van der Waals surface area contributed by atoms with Crippen LogP contribution in [0.2, 0.25) is 0 Å². The van der Waals surface area contributed by atoms with E-state index in [1.807, 2.05) is 26.8 Å². The molecule has 4 aromatic heterocycles. The van der Waals surface area contributed by atoms with Crippen molar-refractivity contribution in [3.05, 3.63) is 84.0 Å². The van der Waals surface area contributed by atoms with E-state index in [9.17, 15) is 24.0 Å². The van der Waals surface area contributed by atoms with E-state index in [-0.39, 0.29) is 67.8 Å². The Hall–Kier alpha value is -7.52. The lowest BCUT2D eigenvalue weighted by Gasteiger charge is -2.19. The number of hydrogen-bond donors (Lipinski definition) is 9. The van der Waals surface area contributed by atoms with Crippen molar-refractivity contribution in [1.29, 1.82) is 0 Å². The number of H-pyrrole nitrogens is 2. The topological polar surface area (TPSA) is 294 Å². The average Bonchev–Trinajstić information content (AvgIpc) is 3.80. The summed E-state index contributed by atoms with van der Waals surface area (Å²) in [5.74, 6) is -0.0559. The molecule has 0 radical (unpaired) electrons. The fraction of sp³-hybridized carbons (Fsp3) is 0.216. The van der Waals surface area contributed by atoms with Crippen molar-refractivity contribution in [2.24, 2.45) is 0 Å². The number of anilines is 4. The van der Waals surface area contributed by atoms with Gasteiger partial charge >= 0.3 is 6.09 Å². The van der Waals surface area contributed by atoms with Crippen molar-refractivity contribution in [2.45, 2.75) is 39.4 Å². The number of amides is 5. The lowest BCUT2D eigenvalue weighted by molar-refractivity contribution is -0.119. The third-order valence-corrected chi connectivity index (χ3v) is 8.33. The first kappa shape index (κ1) is 41.1. The molecule has 0 unspecified atom stereocenters. The Bertz CT molecular complexity index is 2590. The first-order valence-corrected chi connectivity index (χ1v) is 17.6. The summed E-state index contributed by atoms with van der Waals surface area (Å²) in [4.78, 5) is 87.2. The van der Waals surface area contributed by atoms with Gasteiger partial charge < -0.3 is 51.3 Å². The standard InChI is InChI=1S/C21H23N7O5.C16H14N6O3.ClH/c1-21(2,3)28-33-20(31)27-13-8-22-17-16(13)24-10-25-18(17)19(30)23-7-11-4-5-14-12(6-11)26-15(29)9-32-14;17-9-5-18-14-13(9)20-7-21-15(14)16(24)19-4-8-1-2-11-10(3-8)22-12(23)6-25-11;/h4-6,8,10,22,28H,7,9H2,1-3H3,(H,23,30)(H,26,29)(H,27,31);1-3,5,7,18H,4,6,17H2,(H,19,24)(H,22,23);1H. The fourth-order valence-corrected chi connectivity index (χ4v) is 5.69. The largest absolute Gasteiger partial charge is 0.482 e. The molecule has 8 rings (SSSR count). The van der Waals surface area contributed by atoms with Gasteiger partial charge in [-0.05, 0) is 56.2 Å². The van der Waals surface area contributed by atoms with Gasteiger partial charge in [0.1, 0.15) is 35.2 Å². The second kappa shape index (κ2) is 17.3. The number of nitrogen functional groups attached to an aromatic ring is 1. The van der Waals surface area contributed by atoms with E-state index in [4.69, 9.17) is 20.0 Å². The van der Waals surface area contributed by atoms with E-state index in [1.54, 1.807) is 36.5 Å². The molecule has 0 fully saturated rings. The molecule has 0 saturated carbocycles. The summed E-state index contributed by atoms with van der Waals surface area (Å²) in [7, 11) is 0. The van der Waals surface area contributed by atoms with Gasteiger partial charge in [0.05, 0.1) is 33.8 Å². The Morgan fingerprint density at radius 2 is 1.27 bits per heavy atom. The zero-order valence-electron chi connectivity index (χ0n) is 31.6. The number of ether oxygens (including phenoxy) is 2. The smallest absolute Gasteiger partial charge is 0.430 e. The maximum atomic E-state index is 12.8. The maximum Gasteiger partial charge on any atom is 0.430 e. The van der Waals surface area contributed by atoms with Gasteiger partial charge in [-0.25, -0.2) is 24.7 Å². The van der Waals surface area contributed by atoms with Crippen LogP contribution in [0, 0.1) is 0 Å². The number of aromatic nitrogens is 6. The Kier molecular flexibility index (Phi) is 12.1. The van der Waals surface area contributed by atoms with Crippen LogP contribution in [0.5, 0.6) is 11.5 Å².